The molecule has 0 fully saturated rings. The first-order chi connectivity index (χ1) is 4.72. The monoisotopic (exact) mass is 179 g/mol. The topological polar surface area (TPSA) is 0 Å². The average Bonchev–Trinajstić information content (AvgIpc) is 1.84. The summed E-state index contributed by atoms with van der Waals surface area (Å²) in [7, 11) is 0. The predicted octanol–water partition coefficient (Wildman–Crippen LogP) is 2.75. The van der Waals surface area contributed by atoms with Gasteiger partial charge in [0.15, 0.2) is 0 Å². The van der Waals surface area contributed by atoms with Crippen LogP contribution in [0.1, 0.15) is 6.92 Å². The second kappa shape index (κ2) is 2.91. The Bertz CT molecular complexity index is 125. The second-order valence-electron chi connectivity index (χ2n) is 1.87. The van der Waals surface area contributed by atoms with Gasteiger partial charge in [-0.3, -0.25) is 0 Å². The molecule has 0 aliphatic heterocycles. The second-order valence-corrected chi connectivity index (χ2v) is 1.87. The predicted molar refractivity (Wildman–Crippen MR) is 25.9 cm³/mol. The summed E-state index contributed by atoms with van der Waals surface area (Å²) in [6.07, 6.45) is -9.73. The van der Waals surface area contributed by atoms with Crippen molar-refractivity contribution in [1.82, 2.24) is 0 Å². The Labute approximate surface area is 59.2 Å². The highest BCUT2D eigenvalue weighted by Gasteiger charge is 2.55. The number of alkyl halides is 6. The van der Waals surface area contributed by atoms with E-state index in [2.05, 4.69) is 0 Å². The van der Waals surface area contributed by atoms with Gasteiger partial charge in [0.25, 0.3) is 12.1 Å². The summed E-state index contributed by atoms with van der Waals surface area (Å²) in [4.78, 5) is 0. The van der Waals surface area contributed by atoms with Gasteiger partial charge in [-0.1, -0.05) is 6.92 Å². The molecule has 0 aromatic carbocycles. The lowest BCUT2D eigenvalue weighted by atomic mass is 10.1. The third kappa shape index (κ3) is 2.59. The molecule has 6 heteroatoms. The highest BCUT2D eigenvalue weighted by atomic mass is 19.4. The van der Waals surface area contributed by atoms with Crippen molar-refractivity contribution in [3.63, 3.8) is 0 Å². The Morgan fingerprint density at radius 1 is 1.09 bits per heavy atom. The van der Waals surface area contributed by atoms with Gasteiger partial charge in [-0.2, -0.15) is 13.2 Å². The van der Waals surface area contributed by atoms with Gasteiger partial charge in [-0.25, -0.2) is 13.2 Å². The van der Waals surface area contributed by atoms with Crippen LogP contribution in [0.5, 0.6) is 0 Å². The zero-order valence-corrected chi connectivity index (χ0v) is 5.42. The van der Waals surface area contributed by atoms with Crippen molar-refractivity contribution in [3.8, 4) is 0 Å². The maximum Gasteiger partial charge on any atom is 0.425 e. The van der Waals surface area contributed by atoms with E-state index in [0.29, 0.717) is 6.92 Å². The first-order valence-electron chi connectivity index (χ1n) is 2.61. The number of halogens is 6. The zero-order valence-electron chi connectivity index (χ0n) is 5.42. The minimum Gasteiger partial charge on any atom is -0.231 e. The molecule has 0 saturated heterocycles. The van der Waals surface area contributed by atoms with Gasteiger partial charge in [0, 0.05) is 6.42 Å². The fourth-order valence-electron chi connectivity index (χ4n) is 0.365. The highest BCUT2D eigenvalue weighted by Crippen LogP contribution is 2.36. The molecule has 0 aliphatic carbocycles. The lowest BCUT2D eigenvalue weighted by Crippen LogP contribution is -2.41. The summed E-state index contributed by atoms with van der Waals surface area (Å²) in [5, 5.41) is 0. The molecule has 0 heterocycles. The Morgan fingerprint density at radius 2 is 1.45 bits per heavy atom. The third-order valence-electron chi connectivity index (χ3n) is 1.01. The lowest BCUT2D eigenvalue weighted by molar-refractivity contribution is -0.234. The number of hydrogen-bond donors (Lipinski definition) is 0. The zero-order chi connectivity index (χ0) is 9.28. The molecule has 1 radical (unpaired) electrons. The van der Waals surface area contributed by atoms with Crippen LogP contribution < -0.4 is 0 Å². The fraction of sp³-hybridized carbons (Fsp3) is 0.800. The van der Waals surface area contributed by atoms with E-state index in [0.717, 1.165) is 0 Å². The molecule has 0 nitrogen and oxygen atoms in total. The van der Waals surface area contributed by atoms with Gasteiger partial charge in [0.2, 0.25) is 0 Å². The van der Waals surface area contributed by atoms with Gasteiger partial charge in [-0.05, 0) is 0 Å². The molecule has 0 N–H and O–H groups in total. The Morgan fingerprint density at radius 3 is 1.55 bits per heavy atom. The van der Waals surface area contributed by atoms with E-state index in [4.69, 9.17) is 0 Å². The molecule has 0 saturated carbocycles. The molecule has 67 valence electrons. The van der Waals surface area contributed by atoms with Crippen molar-refractivity contribution < 1.29 is 26.3 Å². The van der Waals surface area contributed by atoms with E-state index in [1.165, 1.54) is 0 Å². The van der Waals surface area contributed by atoms with Crippen molar-refractivity contribution >= 4 is 0 Å². The first-order valence-corrected chi connectivity index (χ1v) is 2.61. The minimum atomic E-state index is -5.50. The van der Waals surface area contributed by atoms with Crippen LogP contribution in [0.2, 0.25) is 0 Å². The van der Waals surface area contributed by atoms with Crippen molar-refractivity contribution in [2.24, 2.45) is 0 Å². The summed E-state index contributed by atoms with van der Waals surface area (Å²) >= 11 is 0. The van der Waals surface area contributed by atoms with E-state index in [1.54, 1.807) is 0 Å². The number of hydrogen-bond acceptors (Lipinski definition) is 0. The molecule has 0 aliphatic rings. The average molecular weight is 179 g/mol. The normalized spacial score (nSPS) is 16.6. The molecule has 0 rings (SSSR count). The standard InChI is InChI=1S/C5H5F6/c1-2-4(7,8)3(6)5(9,10)11/h2-3H,1H3. The van der Waals surface area contributed by atoms with Crippen LogP contribution in [0.15, 0.2) is 0 Å². The molecule has 1 atom stereocenters. The van der Waals surface area contributed by atoms with Gasteiger partial charge in [-0.15, -0.1) is 0 Å². The van der Waals surface area contributed by atoms with E-state index >= 15 is 0 Å². The Hall–Kier alpha value is -0.420. The fourth-order valence-corrected chi connectivity index (χ4v) is 0.365. The van der Waals surface area contributed by atoms with Crippen LogP contribution >= 0.6 is 0 Å². The molecule has 1 unspecified atom stereocenters. The molecule has 0 aromatic heterocycles. The van der Waals surface area contributed by atoms with Crippen LogP contribution in [-0.4, -0.2) is 18.3 Å². The molecule has 0 amide bonds. The maximum atomic E-state index is 11.9. The van der Waals surface area contributed by atoms with Gasteiger partial charge >= 0.3 is 6.18 Å². The summed E-state index contributed by atoms with van der Waals surface area (Å²) in [6.45, 7) is 0.665. The molecule has 0 spiro atoms. The SMILES string of the molecule is C[CH]C(F)(F)C(F)C(F)(F)F. The molecule has 0 aromatic rings. The van der Waals surface area contributed by atoms with Crippen LogP contribution in [0, 0.1) is 6.42 Å². The highest BCUT2D eigenvalue weighted by molar-refractivity contribution is 4.91. The van der Waals surface area contributed by atoms with E-state index in [9.17, 15) is 26.3 Å². The van der Waals surface area contributed by atoms with Crippen LogP contribution in [0.4, 0.5) is 26.3 Å². The van der Waals surface area contributed by atoms with Crippen LogP contribution in [0.3, 0.4) is 0 Å². The van der Waals surface area contributed by atoms with Crippen LogP contribution in [0.25, 0.3) is 0 Å². The van der Waals surface area contributed by atoms with Crippen molar-refractivity contribution in [2.45, 2.75) is 25.2 Å². The van der Waals surface area contributed by atoms with Crippen molar-refractivity contribution in [2.75, 3.05) is 0 Å². The van der Waals surface area contributed by atoms with Crippen LogP contribution in [-0.2, 0) is 0 Å². The van der Waals surface area contributed by atoms with Crippen molar-refractivity contribution in [1.29, 1.82) is 0 Å². The van der Waals surface area contributed by atoms with Gasteiger partial charge < -0.3 is 0 Å². The molecular weight excluding hydrogens is 174 g/mol. The minimum absolute atomic E-state index is 0.120. The van der Waals surface area contributed by atoms with Gasteiger partial charge in [0.05, 0.1) is 0 Å². The summed E-state index contributed by atoms with van der Waals surface area (Å²) in [6, 6.07) is 0. The van der Waals surface area contributed by atoms with E-state index in [1.807, 2.05) is 0 Å². The summed E-state index contributed by atoms with van der Waals surface area (Å²) in [5.74, 6) is -4.43. The largest absolute Gasteiger partial charge is 0.425 e. The lowest BCUT2D eigenvalue weighted by Gasteiger charge is -2.20. The van der Waals surface area contributed by atoms with E-state index < -0.39 is 18.3 Å². The summed E-state index contributed by atoms with van der Waals surface area (Å²) in [5.41, 5.74) is 0. The van der Waals surface area contributed by atoms with Gasteiger partial charge in [0.1, 0.15) is 0 Å². The molecule has 11 heavy (non-hydrogen) atoms. The van der Waals surface area contributed by atoms with E-state index in [-0.39, 0.29) is 6.42 Å². The summed E-state index contributed by atoms with van der Waals surface area (Å²) < 4.78 is 69.3. The quantitative estimate of drug-likeness (QED) is 0.571. The smallest absolute Gasteiger partial charge is 0.231 e. The maximum absolute atomic E-state index is 11.9. The first kappa shape index (κ1) is 10.6. The van der Waals surface area contributed by atoms with Crippen molar-refractivity contribution in [3.05, 3.63) is 6.42 Å². The molecular formula is C5H5F6. The Balaban J connectivity index is 4.35. The third-order valence-corrected chi connectivity index (χ3v) is 1.01. The Kier molecular flexibility index (Phi) is 2.79. The number of rotatable bonds is 2. The molecule has 0 bridgehead atoms.